The lowest BCUT2D eigenvalue weighted by Crippen LogP contribution is -2.24. The smallest absolute Gasteiger partial charge is 0.219 e. The number of nitrogens with zero attached hydrogens (tertiary/aromatic N) is 1. The van der Waals surface area contributed by atoms with Gasteiger partial charge in [0.15, 0.2) is 0 Å². The lowest BCUT2D eigenvalue weighted by atomic mass is 10.0. The molecule has 120 valence electrons. The molecular weight excluding hydrogens is 246 g/mol. The summed E-state index contributed by atoms with van der Waals surface area (Å²) in [6, 6.07) is 0. The highest BCUT2D eigenvalue weighted by molar-refractivity contribution is 5.72. The molecule has 0 aromatic rings. The Labute approximate surface area is 127 Å². The minimum absolute atomic E-state index is 0.184. The Morgan fingerprint density at radius 2 is 1.05 bits per heavy atom. The van der Waals surface area contributed by atoms with Crippen LogP contribution in [0.4, 0.5) is 0 Å². The van der Waals surface area contributed by atoms with Crippen LogP contribution in [-0.2, 0) is 4.79 Å². The van der Waals surface area contributed by atoms with E-state index in [0.29, 0.717) is 0 Å². The molecule has 0 spiro atoms. The molecule has 20 heavy (non-hydrogen) atoms. The van der Waals surface area contributed by atoms with Crippen molar-refractivity contribution in [1.29, 1.82) is 0 Å². The standard InChI is InChI=1S/C18H37NO/c1-4-5-6-7-8-9-10-11-12-13-14-15-16-17-19(3)18(2)20/h4-17H2,1-3H3. The van der Waals surface area contributed by atoms with Gasteiger partial charge in [-0.15, -0.1) is 0 Å². The summed E-state index contributed by atoms with van der Waals surface area (Å²) in [6.45, 7) is 4.84. The molecule has 2 heteroatoms. The van der Waals surface area contributed by atoms with E-state index in [9.17, 15) is 4.79 Å². The van der Waals surface area contributed by atoms with Gasteiger partial charge in [0.05, 0.1) is 0 Å². The third-order valence-corrected chi connectivity index (χ3v) is 4.13. The summed E-state index contributed by atoms with van der Waals surface area (Å²) in [6.07, 6.45) is 17.9. The van der Waals surface area contributed by atoms with Gasteiger partial charge >= 0.3 is 0 Å². The molecule has 2 nitrogen and oxygen atoms in total. The van der Waals surface area contributed by atoms with Crippen LogP contribution >= 0.6 is 0 Å². The maximum atomic E-state index is 11.0. The number of hydrogen-bond acceptors (Lipinski definition) is 1. The van der Waals surface area contributed by atoms with Gasteiger partial charge in [-0.25, -0.2) is 0 Å². The van der Waals surface area contributed by atoms with Gasteiger partial charge in [-0.3, -0.25) is 4.79 Å². The highest BCUT2D eigenvalue weighted by Crippen LogP contribution is 2.12. The first kappa shape index (κ1) is 19.5. The van der Waals surface area contributed by atoms with Crippen molar-refractivity contribution in [1.82, 2.24) is 4.90 Å². The summed E-state index contributed by atoms with van der Waals surface area (Å²) in [7, 11) is 1.89. The average Bonchev–Trinajstić information content (AvgIpc) is 2.43. The molecule has 0 aliphatic rings. The predicted molar refractivity (Wildman–Crippen MR) is 89.0 cm³/mol. The number of carbonyl (C=O) groups excluding carboxylic acids is 1. The van der Waals surface area contributed by atoms with E-state index in [2.05, 4.69) is 6.92 Å². The van der Waals surface area contributed by atoms with E-state index in [1.165, 1.54) is 77.0 Å². The van der Waals surface area contributed by atoms with Gasteiger partial charge < -0.3 is 4.90 Å². The van der Waals surface area contributed by atoms with E-state index >= 15 is 0 Å². The number of unbranched alkanes of at least 4 members (excludes halogenated alkanes) is 12. The van der Waals surface area contributed by atoms with Crippen LogP contribution in [0.15, 0.2) is 0 Å². The molecule has 0 aromatic carbocycles. The second kappa shape index (κ2) is 14.9. The largest absolute Gasteiger partial charge is 0.346 e. The van der Waals surface area contributed by atoms with Crippen molar-refractivity contribution in [2.45, 2.75) is 97.3 Å². The van der Waals surface area contributed by atoms with Gasteiger partial charge in [0.1, 0.15) is 0 Å². The zero-order valence-electron chi connectivity index (χ0n) is 14.3. The molecule has 0 N–H and O–H groups in total. The third-order valence-electron chi connectivity index (χ3n) is 4.13. The second-order valence-electron chi connectivity index (χ2n) is 6.18. The molecule has 0 bridgehead atoms. The molecule has 0 atom stereocenters. The van der Waals surface area contributed by atoms with Crippen molar-refractivity contribution in [3.05, 3.63) is 0 Å². The molecule has 0 unspecified atom stereocenters. The van der Waals surface area contributed by atoms with Gasteiger partial charge in [-0.2, -0.15) is 0 Å². The summed E-state index contributed by atoms with van der Waals surface area (Å²) in [5, 5.41) is 0. The Kier molecular flexibility index (Phi) is 14.5. The van der Waals surface area contributed by atoms with Crippen LogP contribution in [0.2, 0.25) is 0 Å². The Hall–Kier alpha value is -0.530. The third kappa shape index (κ3) is 13.9. The molecule has 0 radical (unpaired) electrons. The summed E-state index contributed by atoms with van der Waals surface area (Å²) in [4.78, 5) is 12.8. The monoisotopic (exact) mass is 283 g/mol. The summed E-state index contributed by atoms with van der Waals surface area (Å²) >= 11 is 0. The topological polar surface area (TPSA) is 20.3 Å². The second-order valence-corrected chi connectivity index (χ2v) is 6.18. The Morgan fingerprint density at radius 3 is 1.40 bits per heavy atom. The maximum Gasteiger partial charge on any atom is 0.219 e. The van der Waals surface area contributed by atoms with E-state index < -0.39 is 0 Å². The van der Waals surface area contributed by atoms with Crippen LogP contribution in [0.5, 0.6) is 0 Å². The average molecular weight is 283 g/mol. The molecule has 0 rings (SSSR count). The highest BCUT2D eigenvalue weighted by Gasteiger charge is 2.00. The molecule has 0 aliphatic heterocycles. The Balaban J connectivity index is 3.04. The van der Waals surface area contributed by atoms with Crippen LogP contribution in [-0.4, -0.2) is 24.4 Å². The maximum absolute atomic E-state index is 11.0. The van der Waals surface area contributed by atoms with Gasteiger partial charge in [0.2, 0.25) is 5.91 Å². The normalized spacial score (nSPS) is 10.8. The first-order valence-electron chi connectivity index (χ1n) is 8.90. The minimum atomic E-state index is 0.184. The van der Waals surface area contributed by atoms with E-state index in [1.807, 2.05) is 11.9 Å². The lowest BCUT2D eigenvalue weighted by molar-refractivity contribution is -0.127. The lowest BCUT2D eigenvalue weighted by Gasteiger charge is -2.13. The van der Waals surface area contributed by atoms with Crippen molar-refractivity contribution < 1.29 is 4.79 Å². The van der Waals surface area contributed by atoms with E-state index in [0.717, 1.165) is 13.0 Å². The zero-order valence-corrected chi connectivity index (χ0v) is 14.3. The number of amides is 1. The van der Waals surface area contributed by atoms with Crippen molar-refractivity contribution in [3.8, 4) is 0 Å². The predicted octanol–water partition coefficient (Wildman–Crippen LogP) is 5.56. The highest BCUT2D eigenvalue weighted by atomic mass is 16.2. The fourth-order valence-electron chi connectivity index (χ4n) is 2.52. The van der Waals surface area contributed by atoms with Gasteiger partial charge in [0.25, 0.3) is 0 Å². The van der Waals surface area contributed by atoms with Crippen LogP contribution in [0.1, 0.15) is 97.3 Å². The minimum Gasteiger partial charge on any atom is -0.346 e. The van der Waals surface area contributed by atoms with Gasteiger partial charge in [-0.05, 0) is 6.42 Å². The van der Waals surface area contributed by atoms with Crippen LogP contribution in [0.3, 0.4) is 0 Å². The van der Waals surface area contributed by atoms with Crippen molar-refractivity contribution in [3.63, 3.8) is 0 Å². The Bertz CT molecular complexity index is 215. The molecule has 0 aliphatic carbocycles. The number of carbonyl (C=O) groups is 1. The number of hydrogen-bond donors (Lipinski definition) is 0. The zero-order chi connectivity index (χ0) is 15.1. The molecule has 0 fully saturated rings. The van der Waals surface area contributed by atoms with Crippen LogP contribution < -0.4 is 0 Å². The van der Waals surface area contributed by atoms with Crippen molar-refractivity contribution in [2.24, 2.45) is 0 Å². The Morgan fingerprint density at radius 1 is 0.700 bits per heavy atom. The van der Waals surface area contributed by atoms with Crippen LogP contribution in [0, 0.1) is 0 Å². The first-order valence-corrected chi connectivity index (χ1v) is 8.90. The van der Waals surface area contributed by atoms with Gasteiger partial charge in [-0.1, -0.05) is 84.0 Å². The molecule has 0 saturated carbocycles. The van der Waals surface area contributed by atoms with Crippen molar-refractivity contribution >= 4 is 5.91 Å². The SMILES string of the molecule is CCCCCCCCCCCCCCCN(C)C(C)=O. The first-order chi connectivity index (χ1) is 9.68. The fourth-order valence-corrected chi connectivity index (χ4v) is 2.52. The summed E-state index contributed by atoms with van der Waals surface area (Å²) in [5.41, 5.74) is 0. The fraction of sp³-hybridized carbons (Fsp3) is 0.944. The molecular formula is C18H37NO. The van der Waals surface area contributed by atoms with E-state index in [4.69, 9.17) is 0 Å². The summed E-state index contributed by atoms with van der Waals surface area (Å²) < 4.78 is 0. The quantitative estimate of drug-likeness (QED) is 0.382. The van der Waals surface area contributed by atoms with Gasteiger partial charge in [0, 0.05) is 20.5 Å². The molecule has 0 heterocycles. The van der Waals surface area contributed by atoms with E-state index in [1.54, 1.807) is 6.92 Å². The van der Waals surface area contributed by atoms with Crippen LogP contribution in [0.25, 0.3) is 0 Å². The molecule has 1 amide bonds. The van der Waals surface area contributed by atoms with Crippen molar-refractivity contribution in [2.75, 3.05) is 13.6 Å². The summed E-state index contributed by atoms with van der Waals surface area (Å²) in [5.74, 6) is 0.184. The molecule has 0 aromatic heterocycles. The number of rotatable bonds is 14. The van der Waals surface area contributed by atoms with E-state index in [-0.39, 0.29) is 5.91 Å². The molecule has 0 saturated heterocycles.